The summed E-state index contributed by atoms with van der Waals surface area (Å²) in [5, 5.41) is 3.39. The van der Waals surface area contributed by atoms with Gasteiger partial charge in [-0.15, -0.1) is 0 Å². The molecule has 2 aromatic rings. The van der Waals surface area contributed by atoms with Crippen LogP contribution < -0.4 is 19.5 Å². The molecule has 0 saturated heterocycles. The lowest BCUT2D eigenvalue weighted by molar-refractivity contribution is 0.389. The second kappa shape index (κ2) is 8.91. The van der Waals surface area contributed by atoms with Crippen LogP contribution >= 0.6 is 0 Å². The normalized spacial score (nSPS) is 13.1. The molecule has 26 heavy (non-hydrogen) atoms. The Morgan fingerprint density at radius 1 is 0.962 bits per heavy atom. The van der Waals surface area contributed by atoms with Gasteiger partial charge in [-0.05, 0) is 30.7 Å². The lowest BCUT2D eigenvalue weighted by Gasteiger charge is -2.15. The largest absolute Gasteiger partial charge is 0.496 e. The first kappa shape index (κ1) is 20.1. The van der Waals surface area contributed by atoms with E-state index >= 15 is 0 Å². The summed E-state index contributed by atoms with van der Waals surface area (Å²) < 4.78 is 36.1. The van der Waals surface area contributed by atoms with Gasteiger partial charge >= 0.3 is 0 Å². The van der Waals surface area contributed by atoms with E-state index < -0.39 is 9.73 Å². The molecule has 7 heteroatoms. The molecule has 0 amide bonds. The van der Waals surface area contributed by atoms with E-state index in [0.29, 0.717) is 29.4 Å². The number of benzene rings is 2. The van der Waals surface area contributed by atoms with E-state index in [1.807, 2.05) is 24.3 Å². The van der Waals surface area contributed by atoms with Crippen molar-refractivity contribution in [1.82, 2.24) is 5.32 Å². The van der Waals surface area contributed by atoms with Crippen LogP contribution in [0.4, 0.5) is 0 Å². The average molecular weight is 378 g/mol. The van der Waals surface area contributed by atoms with Crippen LogP contribution in [0.3, 0.4) is 0 Å². The number of ether oxygens (including phenoxy) is 3. The minimum absolute atomic E-state index is 0.350. The van der Waals surface area contributed by atoms with E-state index in [2.05, 4.69) is 5.32 Å². The molecule has 2 aromatic carbocycles. The van der Waals surface area contributed by atoms with Gasteiger partial charge in [0.1, 0.15) is 17.2 Å². The third kappa shape index (κ3) is 4.89. The van der Waals surface area contributed by atoms with Crippen LogP contribution in [0, 0.1) is 4.78 Å². The maximum absolute atomic E-state index is 12.1. The molecule has 1 unspecified atom stereocenters. The highest BCUT2D eigenvalue weighted by molar-refractivity contribution is 7.91. The molecule has 0 aliphatic carbocycles. The van der Waals surface area contributed by atoms with Crippen LogP contribution in [-0.4, -0.2) is 38.3 Å². The Bertz CT molecular complexity index is 851. The minimum atomic E-state index is -2.90. The third-order valence-corrected chi connectivity index (χ3v) is 5.22. The molecule has 0 aliphatic heterocycles. The molecule has 0 bridgehead atoms. The molecule has 0 fully saturated rings. The highest BCUT2D eigenvalue weighted by atomic mass is 32.2. The molecule has 2 rings (SSSR count). The molecule has 142 valence electrons. The summed E-state index contributed by atoms with van der Waals surface area (Å²) in [5.41, 5.74) is 2.03. The first-order chi connectivity index (χ1) is 12.4. The van der Waals surface area contributed by atoms with Crippen molar-refractivity contribution in [2.24, 2.45) is 0 Å². The van der Waals surface area contributed by atoms with Crippen molar-refractivity contribution in [2.45, 2.75) is 17.9 Å². The molecule has 0 aliphatic rings. The Labute approximate surface area is 155 Å². The summed E-state index contributed by atoms with van der Waals surface area (Å²) in [6.45, 7) is 1.41. The molecule has 0 spiro atoms. The van der Waals surface area contributed by atoms with Crippen molar-refractivity contribution in [1.29, 1.82) is 4.78 Å². The first-order valence-electron chi connectivity index (χ1n) is 8.22. The molecular formula is C19H26N2O4S. The summed E-state index contributed by atoms with van der Waals surface area (Å²) in [5.74, 6) is 1.92. The maximum Gasteiger partial charge on any atom is 0.136 e. The second-order valence-electron chi connectivity index (χ2n) is 5.90. The summed E-state index contributed by atoms with van der Waals surface area (Å²) >= 11 is 0. The number of para-hydroxylation sites is 1. The molecule has 0 heterocycles. The molecule has 0 aromatic heterocycles. The predicted molar refractivity (Wildman–Crippen MR) is 103 cm³/mol. The van der Waals surface area contributed by atoms with E-state index in [0.717, 1.165) is 23.4 Å². The Morgan fingerprint density at radius 2 is 1.62 bits per heavy atom. The SMILES string of the molecule is COc1cc(S(C)(=N)=O)c(OC)cc1CCNCc1ccccc1OC. The summed E-state index contributed by atoms with van der Waals surface area (Å²) in [6, 6.07) is 11.3. The molecule has 0 radical (unpaired) electrons. The van der Waals surface area contributed by atoms with Crippen molar-refractivity contribution in [3.8, 4) is 17.2 Å². The van der Waals surface area contributed by atoms with Gasteiger partial charge in [-0.2, -0.15) is 0 Å². The third-order valence-electron chi connectivity index (χ3n) is 4.07. The van der Waals surface area contributed by atoms with Crippen molar-refractivity contribution in [2.75, 3.05) is 34.1 Å². The fraction of sp³-hybridized carbons (Fsp3) is 0.368. The van der Waals surface area contributed by atoms with Gasteiger partial charge in [0.2, 0.25) is 0 Å². The first-order valence-corrected chi connectivity index (χ1v) is 10.2. The highest BCUT2D eigenvalue weighted by Gasteiger charge is 2.16. The quantitative estimate of drug-likeness (QED) is 0.656. The lowest BCUT2D eigenvalue weighted by Crippen LogP contribution is -2.17. The number of hydrogen-bond donors (Lipinski definition) is 2. The molecule has 6 nitrogen and oxygen atoms in total. The highest BCUT2D eigenvalue weighted by Crippen LogP contribution is 2.32. The van der Waals surface area contributed by atoms with Crippen molar-refractivity contribution in [3.05, 3.63) is 47.5 Å². The fourth-order valence-corrected chi connectivity index (χ4v) is 3.59. The van der Waals surface area contributed by atoms with Crippen LogP contribution in [0.5, 0.6) is 17.2 Å². The predicted octanol–water partition coefficient (Wildman–Crippen LogP) is 3.08. The molecule has 0 saturated carbocycles. The average Bonchev–Trinajstić information content (AvgIpc) is 2.64. The van der Waals surface area contributed by atoms with Crippen molar-refractivity contribution < 1.29 is 18.4 Å². The standard InChI is InChI=1S/C19H26N2O4S/c1-23-16-8-6-5-7-15(16)13-21-10-9-14-11-18(25-3)19(26(4,20)22)12-17(14)24-2/h5-8,11-12,20-21H,9-10,13H2,1-4H3. The molecular weight excluding hydrogens is 352 g/mol. The van der Waals surface area contributed by atoms with Gasteiger partial charge in [0.25, 0.3) is 0 Å². The zero-order chi connectivity index (χ0) is 19.2. The van der Waals surface area contributed by atoms with E-state index in [9.17, 15) is 4.21 Å². The van der Waals surface area contributed by atoms with Crippen LogP contribution in [0.2, 0.25) is 0 Å². The Kier molecular flexibility index (Phi) is 6.88. The van der Waals surface area contributed by atoms with Crippen LogP contribution in [0.15, 0.2) is 41.3 Å². The van der Waals surface area contributed by atoms with E-state index in [4.69, 9.17) is 19.0 Å². The Balaban J connectivity index is 2.09. The zero-order valence-corrected chi connectivity index (χ0v) is 16.4. The van der Waals surface area contributed by atoms with Crippen LogP contribution in [0.1, 0.15) is 11.1 Å². The summed E-state index contributed by atoms with van der Waals surface area (Å²) in [7, 11) is 1.85. The van der Waals surface area contributed by atoms with Crippen LogP contribution in [0.25, 0.3) is 0 Å². The van der Waals surface area contributed by atoms with Gasteiger partial charge in [-0.3, -0.25) is 0 Å². The van der Waals surface area contributed by atoms with Gasteiger partial charge in [-0.25, -0.2) is 8.99 Å². The fourth-order valence-electron chi connectivity index (χ4n) is 2.73. The number of methoxy groups -OCH3 is 3. The van der Waals surface area contributed by atoms with Gasteiger partial charge in [0, 0.05) is 24.4 Å². The summed E-state index contributed by atoms with van der Waals surface area (Å²) in [6.07, 6.45) is 2.08. The van der Waals surface area contributed by atoms with Gasteiger partial charge in [0.15, 0.2) is 0 Å². The smallest absolute Gasteiger partial charge is 0.136 e. The number of rotatable bonds is 9. The van der Waals surface area contributed by atoms with Crippen molar-refractivity contribution >= 4 is 9.73 Å². The van der Waals surface area contributed by atoms with E-state index in [1.54, 1.807) is 26.4 Å². The molecule has 2 N–H and O–H groups in total. The topological polar surface area (TPSA) is 80.6 Å². The minimum Gasteiger partial charge on any atom is -0.496 e. The van der Waals surface area contributed by atoms with Gasteiger partial charge in [-0.1, -0.05) is 18.2 Å². The monoisotopic (exact) mass is 378 g/mol. The Hall–Kier alpha value is -2.25. The lowest BCUT2D eigenvalue weighted by atomic mass is 10.1. The number of hydrogen-bond acceptors (Lipinski definition) is 6. The zero-order valence-electron chi connectivity index (χ0n) is 15.6. The maximum atomic E-state index is 12.1. The van der Waals surface area contributed by atoms with E-state index in [-0.39, 0.29) is 0 Å². The number of nitrogens with one attached hydrogen (secondary N) is 2. The Morgan fingerprint density at radius 3 is 2.23 bits per heavy atom. The van der Waals surface area contributed by atoms with Crippen molar-refractivity contribution in [3.63, 3.8) is 0 Å². The van der Waals surface area contributed by atoms with E-state index in [1.165, 1.54) is 13.4 Å². The second-order valence-corrected chi connectivity index (χ2v) is 8.02. The van der Waals surface area contributed by atoms with Crippen LogP contribution in [-0.2, 0) is 22.7 Å². The molecule has 1 atom stereocenters. The van der Waals surface area contributed by atoms with Gasteiger partial charge in [0.05, 0.1) is 36.0 Å². The van der Waals surface area contributed by atoms with Gasteiger partial charge < -0.3 is 19.5 Å². The summed E-state index contributed by atoms with van der Waals surface area (Å²) in [4.78, 5) is 0.350.